The Hall–Kier alpha value is -1.28. The highest BCUT2D eigenvalue weighted by atomic mass is 32.1. The Balaban J connectivity index is 1.47. The van der Waals surface area contributed by atoms with Gasteiger partial charge in [-0.25, -0.2) is 0 Å². The van der Waals surface area contributed by atoms with Crippen LogP contribution in [0.15, 0.2) is 21.3 Å². The number of hydrogen-bond donors (Lipinski definition) is 1. The lowest BCUT2D eigenvalue weighted by Gasteiger charge is -2.28. The van der Waals surface area contributed by atoms with Crippen LogP contribution in [0.2, 0.25) is 0 Å². The van der Waals surface area contributed by atoms with Crippen LogP contribution in [0.4, 0.5) is 0 Å². The van der Waals surface area contributed by atoms with Gasteiger partial charge in [0.1, 0.15) is 0 Å². The summed E-state index contributed by atoms with van der Waals surface area (Å²) in [7, 11) is 2.10. The molecule has 21 heavy (non-hydrogen) atoms. The Morgan fingerprint density at radius 2 is 2.29 bits per heavy atom. The monoisotopic (exact) mass is 307 g/mol. The molecule has 2 aromatic heterocycles. The Morgan fingerprint density at radius 3 is 3.05 bits per heavy atom. The molecule has 1 aliphatic heterocycles. The summed E-state index contributed by atoms with van der Waals surface area (Å²) >= 11 is 1.63. The van der Waals surface area contributed by atoms with E-state index >= 15 is 0 Å². The van der Waals surface area contributed by atoms with Crippen LogP contribution in [0.5, 0.6) is 0 Å². The summed E-state index contributed by atoms with van der Waals surface area (Å²) in [5, 5.41) is 11.5. The van der Waals surface area contributed by atoms with Gasteiger partial charge in [0.25, 0.3) is 5.89 Å². The van der Waals surface area contributed by atoms with Gasteiger partial charge in [0.2, 0.25) is 0 Å². The molecule has 0 saturated carbocycles. The van der Waals surface area contributed by atoms with Crippen molar-refractivity contribution in [1.29, 1.82) is 0 Å². The summed E-state index contributed by atoms with van der Waals surface area (Å²) in [5.41, 5.74) is 1.00. The number of nitrogens with one attached hydrogen (secondary N) is 1. The fourth-order valence-electron chi connectivity index (χ4n) is 2.39. The molecule has 0 aliphatic carbocycles. The molecule has 114 valence electrons. The lowest BCUT2D eigenvalue weighted by molar-refractivity contribution is 0.200. The predicted octanol–water partition coefficient (Wildman–Crippen LogP) is 1.14. The summed E-state index contributed by atoms with van der Waals surface area (Å²) in [5.74, 6) is 1.36. The van der Waals surface area contributed by atoms with Crippen LogP contribution in [0.3, 0.4) is 0 Å². The van der Waals surface area contributed by atoms with Gasteiger partial charge in [0.05, 0.1) is 12.1 Å². The molecule has 6 nitrogen and oxygen atoms in total. The van der Waals surface area contributed by atoms with Crippen molar-refractivity contribution >= 4 is 11.3 Å². The average Bonchev–Trinajstić information content (AvgIpc) is 3.17. The molecule has 0 bridgehead atoms. The van der Waals surface area contributed by atoms with Gasteiger partial charge in [-0.2, -0.15) is 16.3 Å². The second kappa shape index (κ2) is 7.13. The number of piperazine rings is 1. The number of likely N-dealkylation sites (N-methyl/N-ethyl adjacent to an activating group) is 1. The minimum Gasteiger partial charge on any atom is -0.334 e. The maximum Gasteiger partial charge on any atom is 0.258 e. The fraction of sp³-hybridized carbons (Fsp3) is 0.571. The van der Waals surface area contributed by atoms with E-state index in [9.17, 15) is 0 Å². The lowest BCUT2D eigenvalue weighted by Crippen LogP contribution is -2.45. The fourth-order valence-corrected chi connectivity index (χ4v) is 3.02. The lowest BCUT2D eigenvalue weighted by atomic mass is 10.3. The molecule has 0 atom stereocenters. The minimum atomic E-state index is 0.613. The number of thiophene rings is 1. The summed E-state index contributed by atoms with van der Waals surface area (Å²) < 4.78 is 5.30. The van der Waals surface area contributed by atoms with Gasteiger partial charge in [-0.15, -0.1) is 0 Å². The molecule has 7 heteroatoms. The van der Waals surface area contributed by atoms with Crippen LogP contribution in [-0.4, -0.2) is 66.3 Å². The third kappa shape index (κ3) is 4.10. The van der Waals surface area contributed by atoms with Gasteiger partial charge in [-0.3, -0.25) is 9.80 Å². The van der Waals surface area contributed by atoms with Crippen molar-refractivity contribution in [2.24, 2.45) is 0 Å². The largest absolute Gasteiger partial charge is 0.334 e. The Kier molecular flexibility index (Phi) is 4.97. The van der Waals surface area contributed by atoms with Gasteiger partial charge < -0.3 is 9.84 Å². The maximum absolute atomic E-state index is 5.30. The van der Waals surface area contributed by atoms with Crippen LogP contribution < -0.4 is 5.32 Å². The Labute approximate surface area is 128 Å². The highest BCUT2D eigenvalue weighted by Gasteiger charge is 2.13. The Morgan fingerprint density at radius 1 is 1.43 bits per heavy atom. The van der Waals surface area contributed by atoms with Crippen molar-refractivity contribution in [1.82, 2.24) is 25.3 Å². The van der Waals surface area contributed by atoms with E-state index in [0.717, 1.165) is 57.2 Å². The SMILES string of the molecule is CN(CCN1CCNCC1)Cc1noc(-c2ccsc2)n1. The maximum atomic E-state index is 5.30. The number of aromatic nitrogens is 2. The van der Waals surface area contributed by atoms with Gasteiger partial charge >= 0.3 is 0 Å². The molecule has 1 aliphatic rings. The van der Waals surface area contributed by atoms with Crippen molar-refractivity contribution in [3.63, 3.8) is 0 Å². The predicted molar refractivity (Wildman–Crippen MR) is 83.3 cm³/mol. The van der Waals surface area contributed by atoms with Crippen molar-refractivity contribution in [3.8, 4) is 11.5 Å². The molecule has 1 saturated heterocycles. The molecular formula is C14H21N5OS. The molecule has 1 fully saturated rings. The summed E-state index contributed by atoms with van der Waals surface area (Å²) in [4.78, 5) is 9.18. The first-order valence-electron chi connectivity index (χ1n) is 7.28. The molecule has 0 radical (unpaired) electrons. The molecule has 2 aromatic rings. The van der Waals surface area contributed by atoms with E-state index in [0.29, 0.717) is 5.89 Å². The molecule has 0 spiro atoms. The van der Waals surface area contributed by atoms with Crippen molar-refractivity contribution in [2.75, 3.05) is 46.3 Å². The molecule has 1 N–H and O–H groups in total. The summed E-state index contributed by atoms with van der Waals surface area (Å²) in [6.45, 7) is 7.29. The quantitative estimate of drug-likeness (QED) is 0.863. The smallest absolute Gasteiger partial charge is 0.258 e. The summed E-state index contributed by atoms with van der Waals surface area (Å²) in [6.07, 6.45) is 0. The highest BCUT2D eigenvalue weighted by molar-refractivity contribution is 7.08. The zero-order valence-corrected chi connectivity index (χ0v) is 13.1. The van der Waals surface area contributed by atoms with Gasteiger partial charge in [0, 0.05) is 44.6 Å². The van der Waals surface area contributed by atoms with E-state index in [1.807, 2.05) is 16.8 Å². The zero-order chi connectivity index (χ0) is 14.5. The van der Waals surface area contributed by atoms with Gasteiger partial charge in [-0.1, -0.05) is 5.16 Å². The van der Waals surface area contributed by atoms with Crippen LogP contribution in [0.1, 0.15) is 5.82 Å². The molecular weight excluding hydrogens is 286 g/mol. The van der Waals surface area contributed by atoms with Crippen molar-refractivity contribution in [3.05, 3.63) is 22.7 Å². The molecule has 0 amide bonds. The third-order valence-corrected chi connectivity index (χ3v) is 4.34. The molecule has 3 rings (SSSR count). The van der Waals surface area contributed by atoms with Gasteiger partial charge in [0.15, 0.2) is 5.82 Å². The minimum absolute atomic E-state index is 0.613. The second-order valence-corrected chi connectivity index (χ2v) is 6.14. The van der Waals surface area contributed by atoms with Crippen molar-refractivity contribution < 1.29 is 4.52 Å². The van der Waals surface area contributed by atoms with E-state index < -0.39 is 0 Å². The first-order chi connectivity index (χ1) is 10.3. The van der Waals surface area contributed by atoms with Crippen LogP contribution >= 0.6 is 11.3 Å². The molecule has 0 unspecified atom stereocenters. The highest BCUT2D eigenvalue weighted by Crippen LogP contribution is 2.19. The van der Waals surface area contributed by atoms with Crippen LogP contribution in [0, 0.1) is 0 Å². The second-order valence-electron chi connectivity index (χ2n) is 5.36. The van der Waals surface area contributed by atoms with Crippen molar-refractivity contribution in [2.45, 2.75) is 6.54 Å². The third-order valence-electron chi connectivity index (χ3n) is 3.66. The zero-order valence-electron chi connectivity index (χ0n) is 12.3. The summed E-state index contributed by atoms with van der Waals surface area (Å²) in [6, 6.07) is 2.00. The average molecular weight is 307 g/mol. The van der Waals surface area contributed by atoms with E-state index in [4.69, 9.17) is 4.52 Å². The van der Waals surface area contributed by atoms with Gasteiger partial charge in [-0.05, 0) is 18.5 Å². The molecule has 0 aromatic carbocycles. The first kappa shape index (κ1) is 14.6. The van der Waals surface area contributed by atoms with E-state index in [1.54, 1.807) is 11.3 Å². The van der Waals surface area contributed by atoms with Crippen LogP contribution in [-0.2, 0) is 6.54 Å². The normalized spacial score (nSPS) is 16.7. The Bertz CT molecular complexity index is 535. The molecule has 3 heterocycles. The standard InChI is InChI=1S/C14H21N5OS/c1-18(7-8-19-5-3-15-4-6-19)10-13-16-14(20-17-13)12-2-9-21-11-12/h2,9,11,15H,3-8,10H2,1H3. The number of nitrogens with zero attached hydrogens (tertiary/aromatic N) is 4. The van der Waals surface area contributed by atoms with E-state index in [2.05, 4.69) is 32.3 Å². The van der Waals surface area contributed by atoms with E-state index in [-0.39, 0.29) is 0 Å². The first-order valence-corrected chi connectivity index (χ1v) is 8.22. The number of hydrogen-bond acceptors (Lipinski definition) is 7. The van der Waals surface area contributed by atoms with Crippen LogP contribution in [0.25, 0.3) is 11.5 Å². The van der Waals surface area contributed by atoms with E-state index in [1.165, 1.54) is 0 Å². The number of rotatable bonds is 6. The topological polar surface area (TPSA) is 57.4 Å².